The van der Waals surface area contributed by atoms with Crippen LogP contribution in [-0.2, 0) is 5.41 Å². The molecule has 0 unspecified atom stereocenters. The number of fused-ring (bicyclic) bond motifs is 1. The highest BCUT2D eigenvalue weighted by Gasteiger charge is 2.29. The van der Waals surface area contributed by atoms with Crippen molar-refractivity contribution < 1.29 is 0 Å². The Morgan fingerprint density at radius 2 is 2.17 bits per heavy atom. The Balaban J connectivity index is 2.55. The van der Waals surface area contributed by atoms with E-state index in [1.54, 1.807) is 0 Å². The number of rotatable bonds is 0. The molecule has 0 saturated carbocycles. The number of nitrogens with two attached hydrogens (primary N) is 1. The van der Waals surface area contributed by atoms with E-state index in [2.05, 4.69) is 25.2 Å². The molecule has 0 radical (unpaired) electrons. The van der Waals surface area contributed by atoms with E-state index in [0.29, 0.717) is 0 Å². The summed E-state index contributed by atoms with van der Waals surface area (Å²) in [7, 11) is 0. The summed E-state index contributed by atoms with van der Waals surface area (Å²) in [5, 5.41) is 3.35. The molecule has 2 nitrogen and oxygen atoms in total. The van der Waals surface area contributed by atoms with Gasteiger partial charge in [0.25, 0.3) is 0 Å². The molecule has 2 heteroatoms. The van der Waals surface area contributed by atoms with E-state index < -0.39 is 0 Å². The first-order chi connectivity index (χ1) is 5.59. The molecule has 0 amide bonds. The van der Waals surface area contributed by atoms with Gasteiger partial charge in [-0.2, -0.15) is 0 Å². The van der Waals surface area contributed by atoms with Gasteiger partial charge >= 0.3 is 0 Å². The lowest BCUT2D eigenvalue weighted by molar-refractivity contribution is 0.586. The Hall–Kier alpha value is -1.18. The molecular weight excluding hydrogens is 148 g/mol. The van der Waals surface area contributed by atoms with E-state index in [9.17, 15) is 0 Å². The number of nitrogen functional groups attached to an aromatic ring is 1. The van der Waals surface area contributed by atoms with Crippen LogP contribution in [0.5, 0.6) is 0 Å². The minimum absolute atomic E-state index is 0.253. The SMILES string of the molecule is CC1(C)CNc2cc(N)ccc21. The molecule has 1 aromatic rings. The van der Waals surface area contributed by atoms with Gasteiger partial charge in [-0.3, -0.25) is 0 Å². The first-order valence-electron chi connectivity index (χ1n) is 4.23. The average molecular weight is 162 g/mol. The second-order valence-corrected chi connectivity index (χ2v) is 4.04. The molecule has 64 valence electrons. The van der Waals surface area contributed by atoms with Crippen molar-refractivity contribution in [3.63, 3.8) is 0 Å². The van der Waals surface area contributed by atoms with Crippen LogP contribution in [0.25, 0.3) is 0 Å². The maximum atomic E-state index is 5.68. The summed E-state index contributed by atoms with van der Waals surface area (Å²) in [6.45, 7) is 5.48. The smallest absolute Gasteiger partial charge is 0.0399 e. The molecule has 12 heavy (non-hydrogen) atoms. The zero-order chi connectivity index (χ0) is 8.77. The van der Waals surface area contributed by atoms with Gasteiger partial charge in [-0.25, -0.2) is 0 Å². The lowest BCUT2D eigenvalue weighted by Gasteiger charge is -2.16. The van der Waals surface area contributed by atoms with Crippen molar-refractivity contribution in [2.24, 2.45) is 0 Å². The van der Waals surface area contributed by atoms with Crippen LogP contribution in [0.15, 0.2) is 18.2 Å². The molecule has 0 aromatic heterocycles. The van der Waals surface area contributed by atoms with Crippen molar-refractivity contribution in [3.05, 3.63) is 23.8 Å². The van der Waals surface area contributed by atoms with Crippen LogP contribution in [0.2, 0.25) is 0 Å². The van der Waals surface area contributed by atoms with Gasteiger partial charge in [0.15, 0.2) is 0 Å². The Kier molecular flexibility index (Phi) is 1.34. The molecule has 3 N–H and O–H groups in total. The van der Waals surface area contributed by atoms with E-state index in [-0.39, 0.29) is 5.41 Å². The fourth-order valence-corrected chi connectivity index (χ4v) is 1.71. The Bertz CT molecular complexity index is 316. The van der Waals surface area contributed by atoms with Gasteiger partial charge in [-0.1, -0.05) is 19.9 Å². The van der Waals surface area contributed by atoms with Crippen LogP contribution in [0.1, 0.15) is 19.4 Å². The van der Waals surface area contributed by atoms with E-state index in [0.717, 1.165) is 12.2 Å². The number of nitrogens with one attached hydrogen (secondary N) is 1. The van der Waals surface area contributed by atoms with Gasteiger partial charge in [0.1, 0.15) is 0 Å². The molecule has 0 atom stereocenters. The van der Waals surface area contributed by atoms with Crippen LogP contribution in [0.3, 0.4) is 0 Å². The third-order valence-electron chi connectivity index (χ3n) is 2.49. The van der Waals surface area contributed by atoms with Gasteiger partial charge in [-0.15, -0.1) is 0 Å². The molecule has 0 bridgehead atoms. The third-order valence-corrected chi connectivity index (χ3v) is 2.49. The van der Waals surface area contributed by atoms with Gasteiger partial charge in [0, 0.05) is 23.3 Å². The summed E-state index contributed by atoms with van der Waals surface area (Å²) >= 11 is 0. The molecule has 1 aromatic carbocycles. The molecule has 0 fully saturated rings. The molecule has 1 heterocycles. The second-order valence-electron chi connectivity index (χ2n) is 4.04. The highest BCUT2D eigenvalue weighted by molar-refractivity contribution is 5.65. The van der Waals surface area contributed by atoms with Gasteiger partial charge in [0.2, 0.25) is 0 Å². The van der Waals surface area contributed by atoms with E-state index >= 15 is 0 Å². The van der Waals surface area contributed by atoms with E-state index in [1.807, 2.05) is 12.1 Å². The van der Waals surface area contributed by atoms with Crippen LogP contribution in [0.4, 0.5) is 11.4 Å². The summed E-state index contributed by atoms with van der Waals surface area (Å²) in [4.78, 5) is 0. The normalized spacial score (nSPS) is 18.5. The quantitative estimate of drug-likeness (QED) is 0.572. The Morgan fingerprint density at radius 1 is 1.42 bits per heavy atom. The van der Waals surface area contributed by atoms with Crippen molar-refractivity contribution >= 4 is 11.4 Å². The van der Waals surface area contributed by atoms with Crippen LogP contribution in [0, 0.1) is 0 Å². The molecule has 0 saturated heterocycles. The summed E-state index contributed by atoms with van der Waals surface area (Å²) in [6, 6.07) is 6.09. The zero-order valence-corrected chi connectivity index (χ0v) is 7.52. The van der Waals surface area contributed by atoms with E-state index in [4.69, 9.17) is 5.73 Å². The minimum Gasteiger partial charge on any atom is -0.399 e. The summed E-state index contributed by atoms with van der Waals surface area (Å²) < 4.78 is 0. The van der Waals surface area contributed by atoms with Crippen molar-refractivity contribution in [1.82, 2.24) is 0 Å². The minimum atomic E-state index is 0.253. The van der Waals surface area contributed by atoms with Gasteiger partial charge in [0.05, 0.1) is 0 Å². The van der Waals surface area contributed by atoms with Gasteiger partial charge < -0.3 is 11.1 Å². The predicted octanol–water partition coefficient (Wildman–Crippen LogP) is 1.97. The lowest BCUT2D eigenvalue weighted by Crippen LogP contribution is -2.18. The Morgan fingerprint density at radius 3 is 2.92 bits per heavy atom. The fourth-order valence-electron chi connectivity index (χ4n) is 1.71. The summed E-state index contributed by atoms with van der Waals surface area (Å²) in [5.41, 5.74) is 9.33. The standard InChI is InChI=1S/C10H14N2/c1-10(2)6-12-9-5-7(11)3-4-8(9)10/h3-5,12H,6,11H2,1-2H3. The largest absolute Gasteiger partial charge is 0.399 e. The van der Waals surface area contributed by atoms with Crippen LogP contribution in [-0.4, -0.2) is 6.54 Å². The predicted molar refractivity (Wildman–Crippen MR) is 52.4 cm³/mol. The van der Waals surface area contributed by atoms with Crippen LogP contribution < -0.4 is 11.1 Å². The number of hydrogen-bond donors (Lipinski definition) is 2. The first kappa shape index (κ1) is 7.47. The van der Waals surface area contributed by atoms with Crippen molar-refractivity contribution in [1.29, 1.82) is 0 Å². The fraction of sp³-hybridized carbons (Fsp3) is 0.400. The third kappa shape index (κ3) is 0.951. The first-order valence-corrected chi connectivity index (χ1v) is 4.23. The highest BCUT2D eigenvalue weighted by atomic mass is 14.9. The highest BCUT2D eigenvalue weighted by Crippen LogP contribution is 2.36. The topological polar surface area (TPSA) is 38.0 Å². The molecule has 2 rings (SSSR count). The van der Waals surface area contributed by atoms with Crippen molar-refractivity contribution in [2.45, 2.75) is 19.3 Å². The van der Waals surface area contributed by atoms with Crippen molar-refractivity contribution in [2.75, 3.05) is 17.6 Å². The van der Waals surface area contributed by atoms with E-state index in [1.165, 1.54) is 11.3 Å². The molecule has 0 aliphatic carbocycles. The van der Waals surface area contributed by atoms with Crippen LogP contribution >= 0.6 is 0 Å². The van der Waals surface area contributed by atoms with Crippen molar-refractivity contribution in [3.8, 4) is 0 Å². The number of anilines is 2. The lowest BCUT2D eigenvalue weighted by atomic mass is 9.87. The number of hydrogen-bond acceptors (Lipinski definition) is 2. The van der Waals surface area contributed by atoms with Gasteiger partial charge in [-0.05, 0) is 17.7 Å². The zero-order valence-electron chi connectivity index (χ0n) is 7.52. The summed E-state index contributed by atoms with van der Waals surface area (Å²) in [6.07, 6.45) is 0. The maximum absolute atomic E-state index is 5.68. The molecule has 1 aliphatic rings. The monoisotopic (exact) mass is 162 g/mol. The second kappa shape index (κ2) is 2.16. The maximum Gasteiger partial charge on any atom is 0.0399 e. The average Bonchev–Trinajstić information content (AvgIpc) is 2.27. The molecular formula is C10H14N2. The Labute approximate surface area is 72.8 Å². The molecule has 0 spiro atoms. The molecule has 1 aliphatic heterocycles. The summed E-state index contributed by atoms with van der Waals surface area (Å²) in [5.74, 6) is 0. The number of benzene rings is 1.